The Morgan fingerprint density at radius 3 is 2.64 bits per heavy atom. The summed E-state index contributed by atoms with van der Waals surface area (Å²) >= 11 is 12.6. The molecule has 1 aromatic carbocycles. The highest BCUT2D eigenvalue weighted by Gasteiger charge is 2.24. The molecule has 1 fully saturated rings. The Hall–Kier alpha value is -3.28. The summed E-state index contributed by atoms with van der Waals surface area (Å²) in [5.41, 5.74) is 3.21. The molecule has 1 amide bonds. The standard InChI is InChI=1S/C23H22Cl2N6O2/c1-15-22(25)23(16-5-6-27-17(11-16)13-26)28-31(15)14-21(32)30-9-7-29(8-10-30)18-3-4-19(24)20(12-18)33-2/h3-6,11-12H,7-10,14H2,1-2H3. The van der Waals surface area contributed by atoms with Crippen LogP contribution in [0, 0.1) is 18.3 Å². The molecule has 0 spiro atoms. The van der Waals surface area contributed by atoms with Crippen LogP contribution in [0.5, 0.6) is 5.75 Å². The van der Waals surface area contributed by atoms with E-state index in [0.29, 0.717) is 58.9 Å². The lowest BCUT2D eigenvalue weighted by Crippen LogP contribution is -2.49. The lowest BCUT2D eigenvalue weighted by atomic mass is 10.1. The monoisotopic (exact) mass is 484 g/mol. The molecular formula is C23H22Cl2N6O2. The maximum Gasteiger partial charge on any atom is 0.244 e. The van der Waals surface area contributed by atoms with Crippen LogP contribution in [0.1, 0.15) is 11.4 Å². The van der Waals surface area contributed by atoms with Crippen LogP contribution in [0.3, 0.4) is 0 Å². The van der Waals surface area contributed by atoms with Crippen LogP contribution in [0.2, 0.25) is 10.0 Å². The molecule has 4 rings (SSSR count). The minimum atomic E-state index is -0.0235. The fraction of sp³-hybridized carbons (Fsp3) is 0.304. The number of anilines is 1. The number of nitrogens with zero attached hydrogens (tertiary/aromatic N) is 6. The molecule has 0 atom stereocenters. The number of methoxy groups -OCH3 is 1. The van der Waals surface area contributed by atoms with Gasteiger partial charge in [0.15, 0.2) is 0 Å². The molecule has 170 valence electrons. The first-order chi connectivity index (χ1) is 15.9. The minimum Gasteiger partial charge on any atom is -0.495 e. The molecule has 1 aliphatic rings. The van der Waals surface area contributed by atoms with Crippen molar-refractivity contribution in [2.24, 2.45) is 0 Å². The molecule has 33 heavy (non-hydrogen) atoms. The quantitative estimate of drug-likeness (QED) is 0.547. The zero-order valence-electron chi connectivity index (χ0n) is 18.3. The van der Waals surface area contributed by atoms with Gasteiger partial charge in [-0.3, -0.25) is 9.48 Å². The number of hydrogen-bond acceptors (Lipinski definition) is 6. The summed E-state index contributed by atoms with van der Waals surface area (Å²) < 4.78 is 6.92. The maximum absolute atomic E-state index is 13.0. The Morgan fingerprint density at radius 1 is 1.18 bits per heavy atom. The number of halogens is 2. The number of piperazine rings is 1. The number of pyridine rings is 1. The topological polar surface area (TPSA) is 87.3 Å². The number of aromatic nitrogens is 3. The first-order valence-electron chi connectivity index (χ1n) is 10.4. The average molecular weight is 485 g/mol. The first kappa shape index (κ1) is 22.9. The number of ether oxygens (including phenoxy) is 1. The van der Waals surface area contributed by atoms with Crippen LogP contribution in [-0.4, -0.2) is 58.9 Å². The minimum absolute atomic E-state index is 0.0235. The molecule has 1 aliphatic heterocycles. The highest BCUT2D eigenvalue weighted by Crippen LogP contribution is 2.31. The summed E-state index contributed by atoms with van der Waals surface area (Å²) in [7, 11) is 1.59. The zero-order valence-corrected chi connectivity index (χ0v) is 19.8. The Labute approximate surface area is 201 Å². The number of carbonyl (C=O) groups is 1. The van der Waals surface area contributed by atoms with E-state index in [4.69, 9.17) is 33.2 Å². The lowest BCUT2D eigenvalue weighted by Gasteiger charge is -2.36. The summed E-state index contributed by atoms with van der Waals surface area (Å²) in [4.78, 5) is 21.0. The van der Waals surface area contributed by atoms with E-state index in [1.807, 2.05) is 36.1 Å². The van der Waals surface area contributed by atoms with Crippen molar-refractivity contribution in [2.75, 3.05) is 38.2 Å². The van der Waals surface area contributed by atoms with Crippen LogP contribution in [0.25, 0.3) is 11.3 Å². The van der Waals surface area contributed by atoms with Gasteiger partial charge < -0.3 is 14.5 Å². The summed E-state index contributed by atoms with van der Waals surface area (Å²) in [5.74, 6) is 0.607. The third kappa shape index (κ3) is 4.75. The Balaban J connectivity index is 1.43. The Bertz CT molecular complexity index is 1230. The van der Waals surface area contributed by atoms with E-state index >= 15 is 0 Å². The van der Waals surface area contributed by atoms with Gasteiger partial charge >= 0.3 is 0 Å². The molecule has 0 bridgehead atoms. The third-order valence-electron chi connectivity index (χ3n) is 5.70. The van der Waals surface area contributed by atoms with Gasteiger partial charge in [-0.15, -0.1) is 0 Å². The van der Waals surface area contributed by atoms with Gasteiger partial charge in [0.05, 0.1) is 22.8 Å². The average Bonchev–Trinajstić information content (AvgIpc) is 3.13. The number of hydrogen-bond donors (Lipinski definition) is 0. The molecule has 8 nitrogen and oxygen atoms in total. The fourth-order valence-electron chi connectivity index (χ4n) is 3.79. The summed E-state index contributed by atoms with van der Waals surface area (Å²) in [6.07, 6.45) is 1.54. The molecule has 2 aromatic heterocycles. The van der Waals surface area contributed by atoms with E-state index in [1.165, 1.54) is 0 Å². The van der Waals surface area contributed by atoms with Gasteiger partial charge in [-0.05, 0) is 31.2 Å². The highest BCUT2D eigenvalue weighted by atomic mass is 35.5. The van der Waals surface area contributed by atoms with E-state index in [2.05, 4.69) is 15.0 Å². The van der Waals surface area contributed by atoms with Crippen molar-refractivity contribution in [1.29, 1.82) is 5.26 Å². The number of rotatable bonds is 5. The number of carbonyl (C=O) groups excluding carboxylic acids is 1. The zero-order chi connectivity index (χ0) is 23.5. The summed E-state index contributed by atoms with van der Waals surface area (Å²) in [5, 5.41) is 14.7. The number of amides is 1. The van der Waals surface area contributed by atoms with Crippen molar-refractivity contribution in [3.63, 3.8) is 0 Å². The van der Waals surface area contributed by atoms with Crippen LogP contribution >= 0.6 is 23.2 Å². The number of benzene rings is 1. The van der Waals surface area contributed by atoms with Crippen molar-refractivity contribution in [2.45, 2.75) is 13.5 Å². The third-order valence-corrected chi connectivity index (χ3v) is 6.46. The van der Waals surface area contributed by atoms with E-state index in [0.717, 1.165) is 5.69 Å². The van der Waals surface area contributed by atoms with Gasteiger partial charge in [0.1, 0.15) is 29.8 Å². The van der Waals surface area contributed by atoms with Gasteiger partial charge in [-0.25, -0.2) is 4.98 Å². The van der Waals surface area contributed by atoms with Crippen molar-refractivity contribution in [3.05, 3.63) is 58.0 Å². The predicted octanol–water partition coefficient (Wildman–Crippen LogP) is 3.79. The molecule has 1 saturated heterocycles. The van der Waals surface area contributed by atoms with Crippen molar-refractivity contribution >= 4 is 34.8 Å². The molecule has 10 heteroatoms. The Kier molecular flexibility index (Phi) is 6.72. The predicted molar refractivity (Wildman–Crippen MR) is 127 cm³/mol. The molecule has 0 aliphatic carbocycles. The van der Waals surface area contributed by atoms with Gasteiger partial charge in [-0.2, -0.15) is 10.4 Å². The molecule has 3 aromatic rings. The molecular weight excluding hydrogens is 463 g/mol. The van der Waals surface area contributed by atoms with Crippen molar-refractivity contribution < 1.29 is 9.53 Å². The first-order valence-corrected chi connectivity index (χ1v) is 11.1. The lowest BCUT2D eigenvalue weighted by molar-refractivity contribution is -0.132. The van der Waals surface area contributed by atoms with E-state index in [-0.39, 0.29) is 18.1 Å². The van der Waals surface area contributed by atoms with Gasteiger partial charge in [-0.1, -0.05) is 23.2 Å². The highest BCUT2D eigenvalue weighted by molar-refractivity contribution is 6.33. The number of nitriles is 1. The normalized spacial score (nSPS) is 13.7. The van der Waals surface area contributed by atoms with E-state index < -0.39 is 0 Å². The maximum atomic E-state index is 13.0. The molecule has 0 N–H and O–H groups in total. The van der Waals surface area contributed by atoms with Gasteiger partial charge in [0.2, 0.25) is 5.91 Å². The Morgan fingerprint density at radius 2 is 1.94 bits per heavy atom. The summed E-state index contributed by atoms with van der Waals surface area (Å²) in [6.45, 7) is 4.52. The molecule has 0 unspecified atom stereocenters. The van der Waals surface area contributed by atoms with Gasteiger partial charge in [0, 0.05) is 49.7 Å². The SMILES string of the molecule is COc1cc(N2CCN(C(=O)Cn3nc(-c4ccnc(C#N)c4)c(Cl)c3C)CC2)ccc1Cl. The molecule has 0 radical (unpaired) electrons. The van der Waals surface area contributed by atoms with Crippen LogP contribution in [0.15, 0.2) is 36.5 Å². The summed E-state index contributed by atoms with van der Waals surface area (Å²) in [6, 6.07) is 11.1. The second-order valence-corrected chi connectivity index (χ2v) is 8.42. The van der Waals surface area contributed by atoms with E-state index in [9.17, 15) is 4.79 Å². The van der Waals surface area contributed by atoms with Gasteiger partial charge in [0.25, 0.3) is 0 Å². The second kappa shape index (κ2) is 9.69. The van der Waals surface area contributed by atoms with Crippen LogP contribution in [-0.2, 0) is 11.3 Å². The fourth-order valence-corrected chi connectivity index (χ4v) is 4.23. The van der Waals surface area contributed by atoms with E-state index in [1.54, 1.807) is 30.1 Å². The molecule has 0 saturated carbocycles. The molecule has 3 heterocycles. The van der Waals surface area contributed by atoms with Crippen molar-refractivity contribution in [1.82, 2.24) is 19.7 Å². The largest absolute Gasteiger partial charge is 0.495 e. The second-order valence-electron chi connectivity index (χ2n) is 7.63. The van der Waals surface area contributed by atoms with Crippen LogP contribution < -0.4 is 9.64 Å². The van der Waals surface area contributed by atoms with Crippen molar-refractivity contribution in [3.8, 4) is 23.1 Å². The smallest absolute Gasteiger partial charge is 0.244 e. The van der Waals surface area contributed by atoms with Crippen LogP contribution in [0.4, 0.5) is 5.69 Å².